The van der Waals surface area contributed by atoms with Crippen molar-refractivity contribution in [3.8, 4) is 11.1 Å². The molecule has 168 valence electrons. The summed E-state index contributed by atoms with van der Waals surface area (Å²) in [4.78, 5) is 26.2. The van der Waals surface area contributed by atoms with E-state index in [1.807, 2.05) is 49.5 Å². The lowest BCUT2D eigenvalue weighted by Crippen LogP contribution is -2.39. The van der Waals surface area contributed by atoms with Crippen LogP contribution in [0.15, 0.2) is 42.9 Å². The zero-order valence-electron chi connectivity index (χ0n) is 18.8. The molecule has 1 fully saturated rings. The molecule has 1 amide bonds. The van der Waals surface area contributed by atoms with Gasteiger partial charge < -0.3 is 9.80 Å². The molecule has 0 aliphatic carbocycles. The first-order valence-electron chi connectivity index (χ1n) is 11.0. The van der Waals surface area contributed by atoms with Gasteiger partial charge in [0.25, 0.3) is 0 Å². The third-order valence-electron chi connectivity index (χ3n) is 5.92. The first-order chi connectivity index (χ1) is 15.4. The predicted octanol–water partition coefficient (Wildman–Crippen LogP) is 3.42. The highest BCUT2D eigenvalue weighted by Gasteiger charge is 2.28. The highest BCUT2D eigenvalue weighted by Crippen LogP contribution is 2.34. The highest BCUT2D eigenvalue weighted by molar-refractivity contribution is 5.77. The smallest absolute Gasteiger partial charge is 0.225 e. The van der Waals surface area contributed by atoms with E-state index < -0.39 is 0 Å². The van der Waals surface area contributed by atoms with E-state index in [9.17, 15) is 9.18 Å². The molecule has 1 aliphatic rings. The van der Waals surface area contributed by atoms with Crippen LogP contribution in [0.1, 0.15) is 36.4 Å². The summed E-state index contributed by atoms with van der Waals surface area (Å²) in [6.45, 7) is 1.39. The minimum atomic E-state index is -0.259. The van der Waals surface area contributed by atoms with Crippen molar-refractivity contribution < 1.29 is 9.18 Å². The number of likely N-dealkylation sites (tertiary alicyclic amines) is 1. The Kier molecular flexibility index (Phi) is 6.48. The molecule has 1 saturated heterocycles. The number of benzene rings is 1. The Morgan fingerprint density at radius 3 is 2.69 bits per heavy atom. The number of hydrogen-bond donors (Lipinski definition) is 0. The zero-order chi connectivity index (χ0) is 22.7. The number of piperidine rings is 1. The van der Waals surface area contributed by atoms with E-state index in [0.717, 1.165) is 41.8 Å². The Labute approximate surface area is 187 Å². The molecule has 0 bridgehead atoms. The predicted molar refractivity (Wildman–Crippen MR) is 122 cm³/mol. The monoisotopic (exact) mass is 436 g/mol. The Balaban J connectivity index is 1.52. The van der Waals surface area contributed by atoms with Crippen molar-refractivity contribution in [2.24, 2.45) is 7.05 Å². The normalized spacial score (nSPS) is 16.2. The molecule has 32 heavy (non-hydrogen) atoms. The molecule has 1 atom stereocenters. The van der Waals surface area contributed by atoms with Gasteiger partial charge in [-0.2, -0.15) is 5.10 Å². The summed E-state index contributed by atoms with van der Waals surface area (Å²) >= 11 is 0. The molecule has 1 aromatic carbocycles. The van der Waals surface area contributed by atoms with E-state index in [1.165, 1.54) is 12.1 Å². The third kappa shape index (κ3) is 4.95. The maximum absolute atomic E-state index is 13.1. The van der Waals surface area contributed by atoms with Gasteiger partial charge in [0, 0.05) is 70.1 Å². The van der Waals surface area contributed by atoms with Gasteiger partial charge in [-0.1, -0.05) is 12.1 Å². The van der Waals surface area contributed by atoms with Gasteiger partial charge in [0.1, 0.15) is 5.82 Å². The largest absolute Gasteiger partial charge is 0.347 e. The molecule has 0 saturated carbocycles. The molecule has 8 heteroatoms. The number of aromatic nitrogens is 4. The van der Waals surface area contributed by atoms with E-state index >= 15 is 0 Å². The number of rotatable bonds is 6. The topological polar surface area (TPSA) is 67.2 Å². The number of aryl methyl sites for hydroxylation is 2. The zero-order valence-corrected chi connectivity index (χ0v) is 18.8. The van der Waals surface area contributed by atoms with Crippen molar-refractivity contribution in [2.75, 3.05) is 32.1 Å². The quantitative estimate of drug-likeness (QED) is 0.592. The van der Waals surface area contributed by atoms with Crippen LogP contribution in [0.2, 0.25) is 0 Å². The van der Waals surface area contributed by atoms with Crippen molar-refractivity contribution in [3.63, 3.8) is 0 Å². The Morgan fingerprint density at radius 2 is 2.00 bits per heavy atom. The summed E-state index contributed by atoms with van der Waals surface area (Å²) < 4.78 is 14.9. The van der Waals surface area contributed by atoms with Crippen LogP contribution >= 0.6 is 0 Å². The third-order valence-corrected chi connectivity index (χ3v) is 5.92. The fourth-order valence-corrected chi connectivity index (χ4v) is 4.18. The van der Waals surface area contributed by atoms with Crippen LogP contribution in [0, 0.1) is 5.82 Å². The molecule has 2 aromatic heterocycles. The number of carbonyl (C=O) groups excluding carboxylic acids is 1. The van der Waals surface area contributed by atoms with Gasteiger partial charge in [-0.3, -0.25) is 9.48 Å². The second-order valence-electron chi connectivity index (χ2n) is 8.57. The van der Waals surface area contributed by atoms with Crippen LogP contribution in [0.25, 0.3) is 11.1 Å². The summed E-state index contributed by atoms with van der Waals surface area (Å²) in [5, 5.41) is 4.30. The number of hydrogen-bond acceptors (Lipinski definition) is 5. The molecule has 0 radical (unpaired) electrons. The van der Waals surface area contributed by atoms with Crippen LogP contribution in [-0.4, -0.2) is 57.7 Å². The maximum atomic E-state index is 13.1. The van der Waals surface area contributed by atoms with Crippen molar-refractivity contribution in [1.29, 1.82) is 0 Å². The molecule has 3 aromatic rings. The first-order valence-corrected chi connectivity index (χ1v) is 11.0. The first kappa shape index (κ1) is 21.9. The van der Waals surface area contributed by atoms with Crippen LogP contribution < -0.4 is 4.90 Å². The fraction of sp³-hybridized carbons (Fsp3) is 0.417. The average Bonchev–Trinajstić information content (AvgIpc) is 3.24. The molecule has 0 N–H and O–H groups in total. The van der Waals surface area contributed by atoms with Crippen LogP contribution in [0.5, 0.6) is 0 Å². The van der Waals surface area contributed by atoms with E-state index in [0.29, 0.717) is 25.3 Å². The van der Waals surface area contributed by atoms with E-state index in [1.54, 1.807) is 16.8 Å². The summed E-state index contributed by atoms with van der Waals surface area (Å²) in [7, 11) is 5.74. The summed E-state index contributed by atoms with van der Waals surface area (Å²) in [6, 6.07) is 6.36. The number of halogens is 1. The number of nitrogens with zero attached hydrogens (tertiary/aromatic N) is 6. The Hall–Kier alpha value is -3.29. The van der Waals surface area contributed by atoms with Crippen molar-refractivity contribution in [2.45, 2.75) is 31.6 Å². The molecular weight excluding hydrogens is 407 g/mol. The van der Waals surface area contributed by atoms with Crippen LogP contribution in [-0.2, 0) is 18.3 Å². The molecule has 0 unspecified atom stereocenters. The minimum absolute atomic E-state index is 0.129. The van der Waals surface area contributed by atoms with Crippen molar-refractivity contribution in [1.82, 2.24) is 24.6 Å². The standard InChI is InChI=1S/C24H29FN6O/c1-29(2)24-26-14-21(19-13-27-30(3)15-19)23(28-24)18-5-4-12-31(16-18)22(32)11-8-17-6-9-20(25)10-7-17/h6-7,9-10,13-15,18H,4-5,8,11-12,16H2,1-3H3/t18-/m1/s1. The highest BCUT2D eigenvalue weighted by atomic mass is 19.1. The van der Waals surface area contributed by atoms with Crippen molar-refractivity contribution >= 4 is 11.9 Å². The number of anilines is 1. The lowest BCUT2D eigenvalue weighted by Gasteiger charge is -2.33. The van der Waals surface area contributed by atoms with Crippen molar-refractivity contribution in [3.05, 3.63) is 59.9 Å². The summed E-state index contributed by atoms with van der Waals surface area (Å²) in [6.07, 6.45) is 8.58. The van der Waals surface area contributed by atoms with E-state index in [4.69, 9.17) is 4.98 Å². The Morgan fingerprint density at radius 1 is 1.22 bits per heavy atom. The van der Waals surface area contributed by atoms with Crippen LogP contribution in [0.4, 0.5) is 10.3 Å². The minimum Gasteiger partial charge on any atom is -0.347 e. The van der Waals surface area contributed by atoms with Gasteiger partial charge in [0.05, 0.1) is 11.9 Å². The van der Waals surface area contributed by atoms with E-state index in [-0.39, 0.29) is 17.6 Å². The van der Waals surface area contributed by atoms with E-state index in [2.05, 4.69) is 10.1 Å². The molecule has 3 heterocycles. The number of carbonyl (C=O) groups is 1. The molecule has 0 spiro atoms. The van der Waals surface area contributed by atoms with Gasteiger partial charge in [0.15, 0.2) is 0 Å². The summed E-state index contributed by atoms with van der Waals surface area (Å²) in [5.74, 6) is 0.664. The molecule has 4 rings (SSSR count). The second-order valence-corrected chi connectivity index (χ2v) is 8.57. The molecule has 7 nitrogen and oxygen atoms in total. The van der Waals surface area contributed by atoms with Gasteiger partial charge in [-0.25, -0.2) is 14.4 Å². The molecule has 1 aliphatic heterocycles. The lowest BCUT2D eigenvalue weighted by atomic mass is 9.90. The second kappa shape index (κ2) is 9.46. The van der Waals surface area contributed by atoms with Gasteiger partial charge in [0.2, 0.25) is 11.9 Å². The fourth-order valence-electron chi connectivity index (χ4n) is 4.18. The Bertz CT molecular complexity index is 1080. The lowest BCUT2D eigenvalue weighted by molar-refractivity contribution is -0.132. The number of amides is 1. The SMILES string of the molecule is CN(C)c1ncc(-c2cnn(C)c2)c([C@@H]2CCCN(C(=O)CCc3ccc(F)cc3)C2)n1. The summed E-state index contributed by atoms with van der Waals surface area (Å²) in [5.41, 5.74) is 3.88. The molecular formula is C24H29FN6O. The van der Waals surface area contributed by atoms with Gasteiger partial charge in [-0.05, 0) is 37.0 Å². The van der Waals surface area contributed by atoms with Crippen LogP contribution in [0.3, 0.4) is 0 Å². The maximum Gasteiger partial charge on any atom is 0.225 e. The van der Waals surface area contributed by atoms with Gasteiger partial charge >= 0.3 is 0 Å². The average molecular weight is 437 g/mol. The van der Waals surface area contributed by atoms with Gasteiger partial charge in [-0.15, -0.1) is 0 Å².